The molecule has 0 N–H and O–H groups in total. The van der Waals surface area contributed by atoms with Gasteiger partial charge in [0.15, 0.2) is 0 Å². The van der Waals surface area contributed by atoms with Gasteiger partial charge in [0, 0.05) is 21.4 Å². The number of para-hydroxylation sites is 1. The Morgan fingerprint density at radius 1 is 1.00 bits per heavy atom. The van der Waals surface area contributed by atoms with Crippen molar-refractivity contribution in [3.05, 3.63) is 76.9 Å². The molecule has 0 atom stereocenters. The molecule has 2 aromatic carbocycles. The van der Waals surface area contributed by atoms with E-state index in [1.54, 1.807) is 0 Å². The second-order valence-electron chi connectivity index (χ2n) is 4.65. The van der Waals surface area contributed by atoms with E-state index in [2.05, 4.69) is 88.9 Å². The smallest absolute Gasteiger partial charge is 0.0536 e. The molecule has 0 aromatic heterocycles. The standard InChI is InChI=1S/C17H14BrN/c1-12-11-13(2)19(15-9-7-14(18)8-10-15)17-6-4-3-5-16(12)17/h3-11H,2H2,1H3. The minimum Gasteiger partial charge on any atom is -0.310 e. The van der Waals surface area contributed by atoms with Gasteiger partial charge in [-0.25, -0.2) is 0 Å². The van der Waals surface area contributed by atoms with Crippen molar-refractivity contribution < 1.29 is 0 Å². The van der Waals surface area contributed by atoms with Gasteiger partial charge in [-0.1, -0.05) is 40.7 Å². The molecule has 0 unspecified atom stereocenters. The van der Waals surface area contributed by atoms with E-state index in [-0.39, 0.29) is 0 Å². The Labute approximate surface area is 122 Å². The lowest BCUT2D eigenvalue weighted by molar-refractivity contribution is 1.19. The van der Waals surface area contributed by atoms with Crippen molar-refractivity contribution in [2.45, 2.75) is 6.92 Å². The van der Waals surface area contributed by atoms with Crippen molar-refractivity contribution in [3.8, 4) is 0 Å². The van der Waals surface area contributed by atoms with Crippen LogP contribution in [0.25, 0.3) is 5.57 Å². The van der Waals surface area contributed by atoms with Gasteiger partial charge in [-0.05, 0) is 48.9 Å². The van der Waals surface area contributed by atoms with Crippen molar-refractivity contribution in [2.75, 3.05) is 4.90 Å². The van der Waals surface area contributed by atoms with Gasteiger partial charge in [-0.15, -0.1) is 0 Å². The minimum absolute atomic E-state index is 0.999. The van der Waals surface area contributed by atoms with E-state index in [0.29, 0.717) is 0 Å². The lowest BCUT2D eigenvalue weighted by Crippen LogP contribution is -2.18. The molecule has 0 saturated heterocycles. The zero-order valence-corrected chi connectivity index (χ0v) is 12.3. The Kier molecular flexibility index (Phi) is 3.03. The number of anilines is 2. The highest BCUT2D eigenvalue weighted by atomic mass is 79.9. The van der Waals surface area contributed by atoms with Crippen LogP contribution in [0.1, 0.15) is 12.5 Å². The van der Waals surface area contributed by atoms with Crippen LogP contribution in [0, 0.1) is 0 Å². The van der Waals surface area contributed by atoms with E-state index in [4.69, 9.17) is 0 Å². The van der Waals surface area contributed by atoms with Crippen molar-refractivity contribution in [2.24, 2.45) is 0 Å². The van der Waals surface area contributed by atoms with Crippen molar-refractivity contribution in [3.63, 3.8) is 0 Å². The number of halogens is 1. The van der Waals surface area contributed by atoms with E-state index < -0.39 is 0 Å². The molecule has 3 rings (SSSR count). The van der Waals surface area contributed by atoms with Gasteiger partial charge >= 0.3 is 0 Å². The number of allylic oxidation sites excluding steroid dienone is 2. The van der Waals surface area contributed by atoms with Crippen LogP contribution in [0.5, 0.6) is 0 Å². The maximum atomic E-state index is 4.18. The van der Waals surface area contributed by atoms with Gasteiger partial charge in [0.1, 0.15) is 0 Å². The predicted molar refractivity (Wildman–Crippen MR) is 85.5 cm³/mol. The van der Waals surface area contributed by atoms with Gasteiger partial charge in [-0.3, -0.25) is 0 Å². The zero-order valence-electron chi connectivity index (χ0n) is 10.7. The summed E-state index contributed by atoms with van der Waals surface area (Å²) in [6, 6.07) is 16.7. The molecule has 0 radical (unpaired) electrons. The first-order valence-corrected chi connectivity index (χ1v) is 6.98. The van der Waals surface area contributed by atoms with E-state index in [9.17, 15) is 0 Å². The van der Waals surface area contributed by atoms with Crippen LogP contribution in [-0.2, 0) is 0 Å². The quantitative estimate of drug-likeness (QED) is 0.670. The third-order valence-electron chi connectivity index (χ3n) is 3.32. The number of hydrogen-bond donors (Lipinski definition) is 0. The third-order valence-corrected chi connectivity index (χ3v) is 3.85. The fourth-order valence-corrected chi connectivity index (χ4v) is 2.71. The Hall–Kier alpha value is -1.80. The Morgan fingerprint density at radius 2 is 1.68 bits per heavy atom. The highest BCUT2D eigenvalue weighted by Gasteiger charge is 2.20. The zero-order chi connectivity index (χ0) is 13.4. The molecule has 0 amide bonds. The van der Waals surface area contributed by atoms with Crippen molar-refractivity contribution in [1.82, 2.24) is 0 Å². The van der Waals surface area contributed by atoms with Gasteiger partial charge in [0.25, 0.3) is 0 Å². The van der Waals surface area contributed by atoms with Crippen molar-refractivity contribution >= 4 is 32.9 Å². The summed E-state index contributed by atoms with van der Waals surface area (Å²) in [5, 5.41) is 0. The summed E-state index contributed by atoms with van der Waals surface area (Å²) in [7, 11) is 0. The number of fused-ring (bicyclic) bond motifs is 1. The lowest BCUT2D eigenvalue weighted by atomic mass is 9.98. The molecule has 1 nitrogen and oxygen atoms in total. The Balaban J connectivity index is 2.16. The van der Waals surface area contributed by atoms with Gasteiger partial charge in [-0.2, -0.15) is 0 Å². The summed E-state index contributed by atoms with van der Waals surface area (Å²) >= 11 is 3.47. The molecular formula is C17H14BrN. The van der Waals surface area contributed by atoms with Crippen LogP contribution in [0.3, 0.4) is 0 Å². The van der Waals surface area contributed by atoms with E-state index in [0.717, 1.165) is 15.9 Å². The fraction of sp³-hybridized carbons (Fsp3) is 0.0588. The monoisotopic (exact) mass is 311 g/mol. The SMILES string of the molecule is C=C1C=C(C)c2ccccc2N1c1ccc(Br)cc1. The normalized spacial score (nSPS) is 14.1. The molecule has 19 heavy (non-hydrogen) atoms. The molecule has 0 saturated carbocycles. The molecule has 1 heterocycles. The molecule has 1 aliphatic heterocycles. The van der Waals surface area contributed by atoms with E-state index >= 15 is 0 Å². The largest absolute Gasteiger partial charge is 0.310 e. The molecule has 0 spiro atoms. The summed E-state index contributed by atoms with van der Waals surface area (Å²) < 4.78 is 1.08. The number of hydrogen-bond acceptors (Lipinski definition) is 1. The first-order chi connectivity index (χ1) is 9.16. The Morgan fingerprint density at radius 3 is 2.42 bits per heavy atom. The van der Waals surface area contributed by atoms with Gasteiger partial charge in [0.05, 0.1) is 5.69 Å². The number of nitrogens with zero attached hydrogens (tertiary/aromatic N) is 1. The van der Waals surface area contributed by atoms with Crippen LogP contribution in [0.15, 0.2) is 71.4 Å². The molecule has 0 fully saturated rings. The average Bonchev–Trinajstić information content (AvgIpc) is 2.41. The van der Waals surface area contributed by atoms with Crippen LogP contribution < -0.4 is 4.90 Å². The molecule has 0 aliphatic carbocycles. The first-order valence-electron chi connectivity index (χ1n) is 6.19. The van der Waals surface area contributed by atoms with Gasteiger partial charge < -0.3 is 4.90 Å². The molecule has 94 valence electrons. The summed E-state index contributed by atoms with van der Waals surface area (Å²) in [5.74, 6) is 0. The molecular weight excluding hydrogens is 298 g/mol. The maximum absolute atomic E-state index is 4.18. The highest BCUT2D eigenvalue weighted by Crippen LogP contribution is 2.40. The lowest BCUT2D eigenvalue weighted by Gasteiger charge is -2.31. The Bertz CT molecular complexity index is 668. The highest BCUT2D eigenvalue weighted by molar-refractivity contribution is 9.10. The molecule has 0 bridgehead atoms. The topological polar surface area (TPSA) is 3.24 Å². The van der Waals surface area contributed by atoms with Crippen LogP contribution >= 0.6 is 15.9 Å². The van der Waals surface area contributed by atoms with Crippen LogP contribution in [0.4, 0.5) is 11.4 Å². The van der Waals surface area contributed by atoms with E-state index in [1.165, 1.54) is 16.8 Å². The van der Waals surface area contributed by atoms with Gasteiger partial charge in [0.2, 0.25) is 0 Å². The van der Waals surface area contributed by atoms with Crippen molar-refractivity contribution in [1.29, 1.82) is 0 Å². The number of rotatable bonds is 1. The summed E-state index contributed by atoms with van der Waals surface area (Å²) in [6.07, 6.45) is 2.13. The van der Waals surface area contributed by atoms with Crippen LogP contribution in [0.2, 0.25) is 0 Å². The first kappa shape index (κ1) is 12.2. The predicted octanol–water partition coefficient (Wildman–Crippen LogP) is 5.52. The number of benzene rings is 2. The summed E-state index contributed by atoms with van der Waals surface area (Å²) in [6.45, 7) is 6.31. The molecule has 2 heteroatoms. The summed E-state index contributed by atoms with van der Waals surface area (Å²) in [4.78, 5) is 2.19. The average molecular weight is 312 g/mol. The third kappa shape index (κ3) is 2.13. The van der Waals surface area contributed by atoms with E-state index in [1.807, 2.05) is 0 Å². The van der Waals surface area contributed by atoms with Crippen LogP contribution in [-0.4, -0.2) is 0 Å². The fourth-order valence-electron chi connectivity index (χ4n) is 2.44. The second kappa shape index (κ2) is 4.71. The maximum Gasteiger partial charge on any atom is 0.0536 e. The summed E-state index contributed by atoms with van der Waals surface area (Å²) in [5.41, 5.74) is 5.84. The minimum atomic E-state index is 0.999. The molecule has 2 aromatic rings. The second-order valence-corrected chi connectivity index (χ2v) is 5.56. The molecule has 1 aliphatic rings.